The molecule has 2 aromatic carbocycles. The van der Waals surface area contributed by atoms with E-state index in [2.05, 4.69) is 54.3 Å². The summed E-state index contributed by atoms with van der Waals surface area (Å²) in [4.78, 5) is 16.4. The van der Waals surface area contributed by atoms with Crippen molar-refractivity contribution < 1.29 is 14.3 Å². The number of ether oxygens (including phenoxy) is 2. The van der Waals surface area contributed by atoms with Gasteiger partial charge < -0.3 is 14.4 Å². The first-order chi connectivity index (χ1) is 14.8. The minimum absolute atomic E-state index is 0.213. The number of benzene rings is 2. The Labute approximate surface area is 186 Å². The zero-order valence-electron chi connectivity index (χ0n) is 19.1. The van der Waals surface area contributed by atoms with E-state index < -0.39 is 5.60 Å². The molecule has 0 N–H and O–H groups in total. The van der Waals surface area contributed by atoms with Gasteiger partial charge in [0.1, 0.15) is 18.0 Å². The van der Waals surface area contributed by atoms with Gasteiger partial charge in [-0.05, 0) is 57.0 Å². The highest BCUT2D eigenvalue weighted by molar-refractivity contribution is 5.68. The molecular weight excluding hydrogens is 388 g/mol. The fraction of sp³-hybridized carbons (Fsp3) is 0.423. The number of hydrogen-bond donors (Lipinski definition) is 0. The van der Waals surface area contributed by atoms with Gasteiger partial charge in [-0.15, -0.1) is 0 Å². The van der Waals surface area contributed by atoms with Gasteiger partial charge in [-0.3, -0.25) is 4.90 Å². The molecule has 1 heterocycles. The maximum absolute atomic E-state index is 12.2. The first-order valence-electron chi connectivity index (χ1n) is 10.9. The highest BCUT2D eigenvalue weighted by atomic mass is 16.6. The average molecular weight is 423 g/mol. The van der Waals surface area contributed by atoms with E-state index in [1.807, 2.05) is 39.0 Å². The second-order valence-electron chi connectivity index (χ2n) is 9.01. The molecule has 2 aromatic rings. The standard InChI is InChI=1S/C26H34N2O3/c1-21-7-13-24(14-8-21)30-19-5-6-22-9-11-23(12-10-22)20-27-15-17-28(18-16-27)25(29)31-26(2,3)4/h5-14H,15-20H2,1-4H3/b6-5+. The largest absolute Gasteiger partial charge is 0.490 e. The molecule has 0 radical (unpaired) electrons. The van der Waals surface area contributed by atoms with Crippen LogP contribution in [0.5, 0.6) is 5.75 Å². The number of hydrogen-bond acceptors (Lipinski definition) is 4. The van der Waals surface area contributed by atoms with Crippen LogP contribution >= 0.6 is 0 Å². The summed E-state index contributed by atoms with van der Waals surface area (Å²) >= 11 is 0. The predicted molar refractivity (Wildman–Crippen MR) is 125 cm³/mol. The molecule has 166 valence electrons. The minimum atomic E-state index is -0.447. The molecule has 1 amide bonds. The first kappa shape index (κ1) is 22.9. The van der Waals surface area contributed by atoms with Gasteiger partial charge in [0.2, 0.25) is 0 Å². The molecular formula is C26H34N2O3. The molecule has 0 unspecified atom stereocenters. The van der Waals surface area contributed by atoms with E-state index in [1.54, 1.807) is 4.90 Å². The summed E-state index contributed by atoms with van der Waals surface area (Å²) in [7, 11) is 0. The second-order valence-corrected chi connectivity index (χ2v) is 9.01. The summed E-state index contributed by atoms with van der Waals surface area (Å²) in [5.74, 6) is 0.886. The van der Waals surface area contributed by atoms with Crippen LogP contribution in [0.2, 0.25) is 0 Å². The number of carbonyl (C=O) groups is 1. The third-order valence-corrected chi connectivity index (χ3v) is 5.09. The molecule has 0 aliphatic carbocycles. The number of carbonyl (C=O) groups excluding carboxylic acids is 1. The van der Waals surface area contributed by atoms with E-state index in [9.17, 15) is 4.79 Å². The topological polar surface area (TPSA) is 42.0 Å². The van der Waals surface area contributed by atoms with Crippen molar-refractivity contribution in [1.29, 1.82) is 0 Å². The summed E-state index contributed by atoms with van der Waals surface area (Å²) in [6.45, 7) is 12.3. The molecule has 1 fully saturated rings. The lowest BCUT2D eigenvalue weighted by molar-refractivity contribution is 0.0139. The summed E-state index contributed by atoms with van der Waals surface area (Å²) < 4.78 is 11.2. The van der Waals surface area contributed by atoms with Crippen LogP contribution in [0.3, 0.4) is 0 Å². The molecule has 1 aliphatic rings. The Morgan fingerprint density at radius 3 is 2.23 bits per heavy atom. The van der Waals surface area contributed by atoms with Crippen LogP contribution in [0, 0.1) is 6.92 Å². The maximum Gasteiger partial charge on any atom is 0.410 e. The molecule has 1 saturated heterocycles. The Morgan fingerprint density at radius 1 is 0.968 bits per heavy atom. The Balaban J connectivity index is 1.40. The van der Waals surface area contributed by atoms with Crippen molar-refractivity contribution in [3.63, 3.8) is 0 Å². The van der Waals surface area contributed by atoms with Gasteiger partial charge in [0.05, 0.1) is 0 Å². The van der Waals surface area contributed by atoms with Gasteiger partial charge >= 0.3 is 6.09 Å². The Morgan fingerprint density at radius 2 is 1.61 bits per heavy atom. The fourth-order valence-corrected chi connectivity index (χ4v) is 3.37. The van der Waals surface area contributed by atoms with Crippen LogP contribution in [-0.4, -0.2) is 54.3 Å². The molecule has 1 aliphatic heterocycles. The summed E-state index contributed by atoms with van der Waals surface area (Å²) in [6.07, 6.45) is 3.90. The molecule has 0 spiro atoms. The van der Waals surface area contributed by atoms with Crippen LogP contribution in [-0.2, 0) is 11.3 Å². The minimum Gasteiger partial charge on any atom is -0.490 e. The van der Waals surface area contributed by atoms with Crippen LogP contribution in [0.4, 0.5) is 4.79 Å². The molecule has 5 nitrogen and oxygen atoms in total. The van der Waals surface area contributed by atoms with Gasteiger partial charge in [-0.2, -0.15) is 0 Å². The van der Waals surface area contributed by atoms with Crippen molar-refractivity contribution in [2.75, 3.05) is 32.8 Å². The molecule has 0 atom stereocenters. The fourth-order valence-electron chi connectivity index (χ4n) is 3.37. The van der Waals surface area contributed by atoms with Crippen molar-refractivity contribution in [2.24, 2.45) is 0 Å². The van der Waals surface area contributed by atoms with Gasteiger partial charge in [-0.1, -0.05) is 48.0 Å². The van der Waals surface area contributed by atoms with Gasteiger partial charge in [0.25, 0.3) is 0 Å². The van der Waals surface area contributed by atoms with Crippen LogP contribution in [0.15, 0.2) is 54.6 Å². The van der Waals surface area contributed by atoms with E-state index in [0.717, 1.165) is 30.9 Å². The molecule has 0 saturated carbocycles. The van der Waals surface area contributed by atoms with E-state index in [-0.39, 0.29) is 6.09 Å². The molecule has 0 aromatic heterocycles. The molecule has 5 heteroatoms. The van der Waals surface area contributed by atoms with Gasteiger partial charge in [0.15, 0.2) is 0 Å². The lowest BCUT2D eigenvalue weighted by atomic mass is 10.1. The number of piperazine rings is 1. The monoisotopic (exact) mass is 422 g/mol. The van der Waals surface area contributed by atoms with Crippen molar-refractivity contribution in [2.45, 2.75) is 39.8 Å². The quantitative estimate of drug-likeness (QED) is 0.646. The highest BCUT2D eigenvalue weighted by Crippen LogP contribution is 2.15. The predicted octanol–water partition coefficient (Wildman–Crippen LogP) is 5.14. The number of amides is 1. The van der Waals surface area contributed by atoms with Gasteiger partial charge in [0, 0.05) is 32.7 Å². The normalized spacial score (nSPS) is 15.3. The third kappa shape index (κ3) is 7.76. The van der Waals surface area contributed by atoms with E-state index in [4.69, 9.17) is 9.47 Å². The zero-order valence-corrected chi connectivity index (χ0v) is 19.1. The number of nitrogens with zero attached hydrogens (tertiary/aromatic N) is 2. The van der Waals surface area contributed by atoms with E-state index >= 15 is 0 Å². The summed E-state index contributed by atoms with van der Waals surface area (Å²) in [5.41, 5.74) is 3.22. The molecule has 0 bridgehead atoms. The molecule has 31 heavy (non-hydrogen) atoms. The number of rotatable bonds is 6. The highest BCUT2D eigenvalue weighted by Gasteiger charge is 2.25. The Kier molecular flexibility index (Phi) is 7.75. The van der Waals surface area contributed by atoms with Crippen LogP contribution in [0.25, 0.3) is 6.08 Å². The van der Waals surface area contributed by atoms with Crippen molar-refractivity contribution >= 4 is 12.2 Å². The summed E-state index contributed by atoms with van der Waals surface area (Å²) in [6, 6.07) is 16.7. The zero-order chi connectivity index (χ0) is 22.3. The Hall–Kier alpha value is -2.79. The van der Waals surface area contributed by atoms with Crippen LogP contribution in [0.1, 0.15) is 37.5 Å². The summed E-state index contributed by atoms with van der Waals surface area (Å²) in [5, 5.41) is 0. The third-order valence-electron chi connectivity index (χ3n) is 5.09. The van der Waals surface area contributed by atoms with Crippen molar-refractivity contribution in [1.82, 2.24) is 9.80 Å². The number of aryl methyl sites for hydroxylation is 1. The van der Waals surface area contributed by atoms with E-state index in [0.29, 0.717) is 19.7 Å². The van der Waals surface area contributed by atoms with Crippen molar-refractivity contribution in [3.05, 3.63) is 71.3 Å². The average Bonchev–Trinajstić information content (AvgIpc) is 2.73. The van der Waals surface area contributed by atoms with Crippen molar-refractivity contribution in [3.8, 4) is 5.75 Å². The SMILES string of the molecule is Cc1ccc(OC/C=C/c2ccc(CN3CCN(C(=O)OC(C)(C)C)CC3)cc2)cc1. The molecule has 3 rings (SSSR count). The lowest BCUT2D eigenvalue weighted by Crippen LogP contribution is -2.49. The van der Waals surface area contributed by atoms with Crippen LogP contribution < -0.4 is 4.74 Å². The second kappa shape index (κ2) is 10.5. The first-order valence-corrected chi connectivity index (χ1v) is 10.9. The van der Waals surface area contributed by atoms with Gasteiger partial charge in [-0.25, -0.2) is 4.79 Å². The Bertz CT molecular complexity index is 859. The van der Waals surface area contributed by atoms with E-state index in [1.165, 1.54) is 11.1 Å². The maximum atomic E-state index is 12.2. The lowest BCUT2D eigenvalue weighted by Gasteiger charge is -2.35. The smallest absolute Gasteiger partial charge is 0.410 e.